The fraction of sp³-hybridized carbons (Fsp3) is 0.933. The Hall–Kier alpha value is -0.0900. The monoisotopic (exact) mass is 336 g/mol. The van der Waals surface area contributed by atoms with Crippen molar-refractivity contribution in [2.24, 2.45) is 17.8 Å². The van der Waals surface area contributed by atoms with Crippen LogP contribution in [0.4, 0.5) is 0 Å². The molecule has 4 heteroatoms. The standard InChI is InChI=1S/C15H29BrO3/c1-5-6-11(2)7-12(3)8-14(9-17)10-19-15(18)13(4)16/h11-14,17H,5-10H2,1-4H3/t11-,12-,13?,14?/m0/s1. The smallest absolute Gasteiger partial charge is 0.319 e. The van der Waals surface area contributed by atoms with Crippen molar-refractivity contribution < 1.29 is 14.6 Å². The van der Waals surface area contributed by atoms with E-state index < -0.39 is 0 Å². The molecule has 0 saturated heterocycles. The average molecular weight is 337 g/mol. The first-order chi connectivity index (χ1) is 8.90. The lowest BCUT2D eigenvalue weighted by atomic mass is 9.88. The largest absolute Gasteiger partial charge is 0.464 e. The van der Waals surface area contributed by atoms with E-state index in [1.165, 1.54) is 19.3 Å². The summed E-state index contributed by atoms with van der Waals surface area (Å²) >= 11 is 3.18. The molecule has 0 aliphatic rings. The lowest BCUT2D eigenvalue weighted by molar-refractivity contribution is -0.144. The SMILES string of the molecule is CCC[C@H](C)C[C@H](C)CC(CO)COC(=O)C(C)Br. The first-order valence-electron chi connectivity index (χ1n) is 7.32. The number of halogens is 1. The third-order valence-corrected chi connectivity index (χ3v) is 3.74. The van der Waals surface area contributed by atoms with Crippen molar-refractivity contribution in [1.29, 1.82) is 0 Å². The summed E-state index contributed by atoms with van der Waals surface area (Å²) in [6, 6.07) is 0. The Labute approximate surface area is 126 Å². The molecule has 0 spiro atoms. The zero-order valence-corrected chi connectivity index (χ0v) is 14.3. The van der Waals surface area contributed by atoms with Crippen molar-refractivity contribution in [3.05, 3.63) is 0 Å². The maximum absolute atomic E-state index is 11.4. The van der Waals surface area contributed by atoms with Gasteiger partial charge in [-0.05, 0) is 31.6 Å². The second-order valence-corrected chi connectivity index (χ2v) is 7.14. The van der Waals surface area contributed by atoms with Crippen LogP contribution >= 0.6 is 15.9 Å². The van der Waals surface area contributed by atoms with Gasteiger partial charge in [0.05, 0.1) is 6.61 Å². The summed E-state index contributed by atoms with van der Waals surface area (Å²) in [5, 5.41) is 9.36. The van der Waals surface area contributed by atoms with E-state index in [0.29, 0.717) is 12.5 Å². The van der Waals surface area contributed by atoms with E-state index in [9.17, 15) is 9.90 Å². The average Bonchev–Trinajstić information content (AvgIpc) is 2.33. The highest BCUT2D eigenvalue weighted by atomic mass is 79.9. The summed E-state index contributed by atoms with van der Waals surface area (Å²) in [5.74, 6) is 1.08. The van der Waals surface area contributed by atoms with Gasteiger partial charge in [-0.25, -0.2) is 0 Å². The molecule has 0 heterocycles. The zero-order chi connectivity index (χ0) is 14.8. The number of carbonyl (C=O) groups excluding carboxylic acids is 1. The minimum atomic E-state index is -0.283. The van der Waals surface area contributed by atoms with Crippen molar-refractivity contribution in [3.8, 4) is 0 Å². The van der Waals surface area contributed by atoms with Crippen molar-refractivity contribution >= 4 is 21.9 Å². The van der Waals surface area contributed by atoms with E-state index >= 15 is 0 Å². The van der Waals surface area contributed by atoms with Gasteiger partial charge >= 0.3 is 5.97 Å². The summed E-state index contributed by atoms with van der Waals surface area (Å²) in [6.07, 6.45) is 4.56. The van der Waals surface area contributed by atoms with Crippen LogP contribution in [0.5, 0.6) is 0 Å². The molecule has 114 valence electrons. The maximum atomic E-state index is 11.4. The molecule has 0 amide bonds. The molecule has 0 aliphatic carbocycles. The zero-order valence-electron chi connectivity index (χ0n) is 12.7. The van der Waals surface area contributed by atoms with E-state index in [0.717, 1.165) is 12.3 Å². The number of ether oxygens (including phenoxy) is 1. The molecule has 0 fully saturated rings. The Morgan fingerprint density at radius 2 is 1.84 bits per heavy atom. The van der Waals surface area contributed by atoms with Crippen LogP contribution in [-0.4, -0.2) is 29.1 Å². The molecule has 19 heavy (non-hydrogen) atoms. The van der Waals surface area contributed by atoms with Crippen LogP contribution in [0.1, 0.15) is 53.4 Å². The number of aliphatic hydroxyl groups is 1. The topological polar surface area (TPSA) is 46.5 Å². The minimum absolute atomic E-state index is 0.0547. The summed E-state index contributed by atoms with van der Waals surface area (Å²) in [7, 11) is 0. The Morgan fingerprint density at radius 3 is 2.32 bits per heavy atom. The van der Waals surface area contributed by atoms with E-state index in [4.69, 9.17) is 4.74 Å². The molecule has 2 unspecified atom stereocenters. The number of esters is 1. The number of rotatable bonds is 10. The molecule has 0 aromatic carbocycles. The summed E-state index contributed by atoms with van der Waals surface area (Å²) in [6.45, 7) is 8.84. The van der Waals surface area contributed by atoms with Crippen molar-refractivity contribution in [1.82, 2.24) is 0 Å². The van der Waals surface area contributed by atoms with Crippen molar-refractivity contribution in [3.63, 3.8) is 0 Å². The normalized spacial score (nSPS) is 17.6. The first-order valence-corrected chi connectivity index (χ1v) is 8.23. The number of hydrogen-bond donors (Lipinski definition) is 1. The van der Waals surface area contributed by atoms with Crippen LogP contribution in [0.25, 0.3) is 0 Å². The van der Waals surface area contributed by atoms with Gasteiger partial charge in [-0.15, -0.1) is 0 Å². The van der Waals surface area contributed by atoms with Gasteiger partial charge in [-0.3, -0.25) is 4.79 Å². The van der Waals surface area contributed by atoms with Gasteiger partial charge in [0, 0.05) is 12.5 Å². The molecule has 4 atom stereocenters. The van der Waals surface area contributed by atoms with Crippen molar-refractivity contribution in [2.75, 3.05) is 13.2 Å². The van der Waals surface area contributed by atoms with Gasteiger partial charge in [0.15, 0.2) is 0 Å². The lowest BCUT2D eigenvalue weighted by Crippen LogP contribution is -2.23. The predicted molar refractivity (Wildman–Crippen MR) is 82.4 cm³/mol. The third kappa shape index (κ3) is 9.44. The van der Waals surface area contributed by atoms with Crippen LogP contribution in [0.2, 0.25) is 0 Å². The van der Waals surface area contributed by atoms with Gasteiger partial charge in [0.2, 0.25) is 0 Å². The molecular weight excluding hydrogens is 308 g/mol. The van der Waals surface area contributed by atoms with Crippen LogP contribution in [-0.2, 0) is 9.53 Å². The summed E-state index contributed by atoms with van der Waals surface area (Å²) in [4.78, 5) is 11.1. The number of carbonyl (C=O) groups is 1. The van der Waals surface area contributed by atoms with Gasteiger partial charge in [0.1, 0.15) is 4.83 Å². The van der Waals surface area contributed by atoms with Crippen LogP contribution in [0.3, 0.4) is 0 Å². The van der Waals surface area contributed by atoms with Crippen molar-refractivity contribution in [2.45, 2.75) is 58.2 Å². The van der Waals surface area contributed by atoms with Crippen LogP contribution < -0.4 is 0 Å². The highest BCUT2D eigenvalue weighted by Crippen LogP contribution is 2.22. The first kappa shape index (κ1) is 18.9. The molecule has 3 nitrogen and oxygen atoms in total. The van der Waals surface area contributed by atoms with Gasteiger partial charge in [-0.1, -0.05) is 49.5 Å². The molecule has 0 bridgehead atoms. The Balaban J connectivity index is 4.00. The minimum Gasteiger partial charge on any atom is -0.464 e. The van der Waals surface area contributed by atoms with Gasteiger partial charge < -0.3 is 9.84 Å². The predicted octanol–water partition coefficient (Wildman–Crippen LogP) is 3.77. The number of hydrogen-bond acceptors (Lipinski definition) is 3. The van der Waals surface area contributed by atoms with E-state index in [-0.39, 0.29) is 23.3 Å². The molecule has 0 rings (SSSR count). The highest BCUT2D eigenvalue weighted by molar-refractivity contribution is 9.10. The number of aliphatic hydroxyl groups excluding tert-OH is 1. The summed E-state index contributed by atoms with van der Waals surface area (Å²) < 4.78 is 5.16. The molecular formula is C15H29BrO3. The molecule has 0 aliphatic heterocycles. The summed E-state index contributed by atoms with van der Waals surface area (Å²) in [5.41, 5.74) is 0. The molecule has 0 aromatic rings. The maximum Gasteiger partial charge on any atom is 0.319 e. The molecule has 0 aromatic heterocycles. The molecule has 1 N–H and O–H groups in total. The van der Waals surface area contributed by atoms with E-state index in [1.54, 1.807) is 6.92 Å². The Morgan fingerprint density at radius 1 is 1.21 bits per heavy atom. The Bertz CT molecular complexity index is 244. The van der Waals surface area contributed by atoms with Crippen LogP contribution in [0.15, 0.2) is 0 Å². The van der Waals surface area contributed by atoms with Crippen LogP contribution in [0, 0.1) is 17.8 Å². The lowest BCUT2D eigenvalue weighted by Gasteiger charge is -2.21. The molecule has 0 radical (unpaired) electrons. The highest BCUT2D eigenvalue weighted by Gasteiger charge is 2.18. The van der Waals surface area contributed by atoms with E-state index in [2.05, 4.69) is 36.7 Å². The second kappa shape index (κ2) is 10.7. The van der Waals surface area contributed by atoms with E-state index in [1.807, 2.05) is 0 Å². The molecule has 0 saturated carbocycles. The quantitative estimate of drug-likeness (QED) is 0.487. The van der Waals surface area contributed by atoms with Gasteiger partial charge in [0.25, 0.3) is 0 Å². The third-order valence-electron chi connectivity index (χ3n) is 3.37. The number of alkyl halides is 1. The fourth-order valence-electron chi connectivity index (χ4n) is 2.47. The second-order valence-electron chi connectivity index (χ2n) is 5.77. The fourth-order valence-corrected chi connectivity index (χ4v) is 2.61. The van der Waals surface area contributed by atoms with Gasteiger partial charge in [-0.2, -0.15) is 0 Å². The Kier molecular flexibility index (Phi) is 10.6.